The number of carbonyl (C=O) groups is 1. The average molecular weight is 233 g/mol. The molecular formula is C12H11NO2S. The summed E-state index contributed by atoms with van der Waals surface area (Å²) >= 11 is 1.15. The van der Waals surface area contributed by atoms with Crippen LogP contribution in [-0.4, -0.2) is 16.1 Å². The van der Waals surface area contributed by atoms with E-state index in [0.717, 1.165) is 28.2 Å². The molecule has 0 aliphatic rings. The van der Waals surface area contributed by atoms with Crippen molar-refractivity contribution in [2.75, 3.05) is 0 Å². The third kappa shape index (κ3) is 1.97. The monoisotopic (exact) mass is 233 g/mol. The van der Waals surface area contributed by atoms with Crippen LogP contribution in [0.5, 0.6) is 0 Å². The van der Waals surface area contributed by atoms with Gasteiger partial charge in [-0.05, 0) is 19.4 Å². The van der Waals surface area contributed by atoms with Crippen molar-refractivity contribution in [1.82, 2.24) is 4.98 Å². The first-order valence-corrected chi connectivity index (χ1v) is 5.72. The lowest BCUT2D eigenvalue weighted by molar-refractivity contribution is 0.0696. The highest BCUT2D eigenvalue weighted by molar-refractivity contribution is 7.11. The van der Waals surface area contributed by atoms with Crippen LogP contribution in [0, 0.1) is 13.8 Å². The molecule has 0 spiro atoms. The summed E-state index contributed by atoms with van der Waals surface area (Å²) in [5, 5.41) is 10.7. The molecule has 2 aromatic rings. The van der Waals surface area contributed by atoms with Crippen LogP contribution in [0.4, 0.5) is 0 Å². The van der Waals surface area contributed by atoms with Gasteiger partial charge in [-0.25, -0.2) is 9.78 Å². The Balaban J connectivity index is 2.46. The van der Waals surface area contributed by atoms with E-state index in [0.29, 0.717) is 0 Å². The van der Waals surface area contributed by atoms with Crippen LogP contribution in [0.2, 0.25) is 0 Å². The summed E-state index contributed by atoms with van der Waals surface area (Å²) in [5.41, 5.74) is 4.03. The molecule has 0 amide bonds. The van der Waals surface area contributed by atoms with E-state index in [-0.39, 0.29) is 5.01 Å². The molecule has 16 heavy (non-hydrogen) atoms. The van der Waals surface area contributed by atoms with Gasteiger partial charge in [0, 0.05) is 10.9 Å². The quantitative estimate of drug-likeness (QED) is 0.867. The first kappa shape index (κ1) is 10.8. The van der Waals surface area contributed by atoms with Gasteiger partial charge in [0.05, 0.1) is 5.69 Å². The number of carboxylic acid groups (broad SMARTS) is 1. The molecule has 4 heteroatoms. The van der Waals surface area contributed by atoms with Crippen molar-refractivity contribution in [3.63, 3.8) is 0 Å². The summed E-state index contributed by atoms with van der Waals surface area (Å²) in [6, 6.07) is 6.04. The van der Waals surface area contributed by atoms with E-state index in [2.05, 4.69) is 11.1 Å². The van der Waals surface area contributed by atoms with Gasteiger partial charge in [0.2, 0.25) is 5.01 Å². The number of aromatic carboxylic acids is 1. The summed E-state index contributed by atoms with van der Waals surface area (Å²) < 4.78 is 0. The topological polar surface area (TPSA) is 50.2 Å². The number of benzene rings is 1. The number of thiazole rings is 1. The molecule has 1 aromatic carbocycles. The van der Waals surface area contributed by atoms with Crippen LogP contribution in [0.25, 0.3) is 11.3 Å². The molecule has 0 atom stereocenters. The third-order valence-electron chi connectivity index (χ3n) is 2.34. The Labute approximate surface area is 97.4 Å². The summed E-state index contributed by atoms with van der Waals surface area (Å²) in [6.45, 7) is 4.03. The highest BCUT2D eigenvalue weighted by Gasteiger charge is 2.11. The van der Waals surface area contributed by atoms with Gasteiger partial charge in [0.1, 0.15) is 0 Å². The van der Waals surface area contributed by atoms with Gasteiger partial charge in [-0.2, -0.15) is 0 Å². The molecule has 1 aromatic heterocycles. The van der Waals surface area contributed by atoms with Crippen LogP contribution in [0.1, 0.15) is 20.9 Å². The van der Waals surface area contributed by atoms with Crippen molar-refractivity contribution in [1.29, 1.82) is 0 Å². The second kappa shape index (κ2) is 4.06. The van der Waals surface area contributed by atoms with Crippen molar-refractivity contribution in [3.8, 4) is 11.3 Å². The van der Waals surface area contributed by atoms with Crippen molar-refractivity contribution >= 4 is 17.3 Å². The SMILES string of the molecule is Cc1ccc(-c2csc(C(=O)O)n2)c(C)c1. The molecule has 0 bridgehead atoms. The van der Waals surface area contributed by atoms with E-state index in [1.807, 2.05) is 26.0 Å². The minimum Gasteiger partial charge on any atom is -0.476 e. The molecule has 0 aliphatic heterocycles. The lowest BCUT2D eigenvalue weighted by atomic mass is 10.0. The van der Waals surface area contributed by atoms with E-state index in [9.17, 15) is 4.79 Å². The van der Waals surface area contributed by atoms with Gasteiger partial charge in [-0.1, -0.05) is 23.8 Å². The molecule has 0 fully saturated rings. The number of rotatable bonds is 2. The minimum absolute atomic E-state index is 0.134. The fourth-order valence-corrected chi connectivity index (χ4v) is 2.25. The highest BCUT2D eigenvalue weighted by atomic mass is 32.1. The number of carboxylic acids is 1. The molecule has 3 nitrogen and oxygen atoms in total. The van der Waals surface area contributed by atoms with Gasteiger partial charge in [0.15, 0.2) is 0 Å². The maximum absolute atomic E-state index is 10.7. The Morgan fingerprint density at radius 1 is 1.38 bits per heavy atom. The maximum atomic E-state index is 10.7. The number of aromatic nitrogens is 1. The van der Waals surface area contributed by atoms with Crippen LogP contribution >= 0.6 is 11.3 Å². The zero-order chi connectivity index (χ0) is 11.7. The summed E-state index contributed by atoms with van der Waals surface area (Å²) in [6.07, 6.45) is 0. The van der Waals surface area contributed by atoms with E-state index in [4.69, 9.17) is 5.11 Å². The maximum Gasteiger partial charge on any atom is 0.365 e. The Morgan fingerprint density at radius 2 is 2.12 bits per heavy atom. The molecule has 0 aliphatic carbocycles. The zero-order valence-electron chi connectivity index (χ0n) is 9.02. The van der Waals surface area contributed by atoms with Crippen LogP contribution in [-0.2, 0) is 0 Å². The van der Waals surface area contributed by atoms with Crippen molar-refractivity contribution in [2.45, 2.75) is 13.8 Å². The minimum atomic E-state index is -0.971. The predicted molar refractivity (Wildman–Crippen MR) is 64.0 cm³/mol. The predicted octanol–water partition coefficient (Wildman–Crippen LogP) is 3.13. The van der Waals surface area contributed by atoms with Gasteiger partial charge in [0.25, 0.3) is 0 Å². The fourth-order valence-electron chi connectivity index (χ4n) is 1.60. The molecule has 0 saturated carbocycles. The first-order chi connectivity index (χ1) is 7.58. The van der Waals surface area contributed by atoms with Crippen LogP contribution in [0.15, 0.2) is 23.6 Å². The average Bonchev–Trinajstić information content (AvgIpc) is 2.66. The van der Waals surface area contributed by atoms with E-state index in [1.54, 1.807) is 5.38 Å². The molecule has 0 unspecified atom stereocenters. The van der Waals surface area contributed by atoms with E-state index >= 15 is 0 Å². The van der Waals surface area contributed by atoms with Gasteiger partial charge in [-0.15, -0.1) is 11.3 Å². The lowest BCUT2D eigenvalue weighted by Gasteiger charge is -2.03. The smallest absolute Gasteiger partial charge is 0.365 e. The zero-order valence-corrected chi connectivity index (χ0v) is 9.84. The van der Waals surface area contributed by atoms with Gasteiger partial charge < -0.3 is 5.11 Å². The molecule has 1 heterocycles. The number of aryl methyl sites for hydroxylation is 2. The largest absolute Gasteiger partial charge is 0.476 e. The van der Waals surface area contributed by atoms with Crippen molar-refractivity contribution in [3.05, 3.63) is 39.7 Å². The molecule has 0 radical (unpaired) electrons. The van der Waals surface area contributed by atoms with Gasteiger partial charge >= 0.3 is 5.97 Å². The van der Waals surface area contributed by atoms with Crippen molar-refractivity contribution in [2.24, 2.45) is 0 Å². The summed E-state index contributed by atoms with van der Waals surface area (Å²) in [7, 11) is 0. The van der Waals surface area contributed by atoms with Crippen LogP contribution < -0.4 is 0 Å². The number of hydrogen-bond acceptors (Lipinski definition) is 3. The molecular weight excluding hydrogens is 222 g/mol. The number of nitrogens with zero attached hydrogens (tertiary/aromatic N) is 1. The Morgan fingerprint density at radius 3 is 2.69 bits per heavy atom. The molecule has 2 rings (SSSR count). The van der Waals surface area contributed by atoms with E-state index < -0.39 is 5.97 Å². The second-order valence-electron chi connectivity index (χ2n) is 3.66. The standard InChI is InChI=1S/C12H11NO2S/c1-7-3-4-9(8(2)5-7)10-6-16-11(13-10)12(14)15/h3-6H,1-2H3,(H,14,15). The van der Waals surface area contributed by atoms with Crippen molar-refractivity contribution < 1.29 is 9.90 Å². The van der Waals surface area contributed by atoms with Gasteiger partial charge in [-0.3, -0.25) is 0 Å². The molecule has 82 valence electrons. The number of hydrogen-bond donors (Lipinski definition) is 1. The summed E-state index contributed by atoms with van der Waals surface area (Å²) in [5.74, 6) is -0.971. The molecule has 1 N–H and O–H groups in total. The van der Waals surface area contributed by atoms with Crippen LogP contribution in [0.3, 0.4) is 0 Å². The Bertz CT molecular complexity index is 546. The first-order valence-electron chi connectivity index (χ1n) is 4.84. The third-order valence-corrected chi connectivity index (χ3v) is 3.18. The summed E-state index contributed by atoms with van der Waals surface area (Å²) in [4.78, 5) is 14.8. The highest BCUT2D eigenvalue weighted by Crippen LogP contribution is 2.25. The fraction of sp³-hybridized carbons (Fsp3) is 0.167. The Hall–Kier alpha value is -1.68. The second-order valence-corrected chi connectivity index (χ2v) is 4.52. The van der Waals surface area contributed by atoms with E-state index in [1.165, 1.54) is 5.56 Å². The Kier molecular flexibility index (Phi) is 2.75. The normalized spacial score (nSPS) is 10.4. The lowest BCUT2D eigenvalue weighted by Crippen LogP contribution is -1.94. The molecule has 0 saturated heterocycles.